The highest BCUT2D eigenvalue weighted by Crippen LogP contribution is 2.17. The topological polar surface area (TPSA) is 15.3 Å². The highest BCUT2D eigenvalue weighted by Gasteiger charge is 2.01. The second-order valence-electron chi connectivity index (χ2n) is 3.38. The van der Waals surface area contributed by atoms with Crippen molar-refractivity contribution in [2.75, 3.05) is 20.6 Å². The van der Waals surface area contributed by atoms with E-state index < -0.39 is 0 Å². The lowest BCUT2D eigenvalue weighted by Crippen LogP contribution is -2.16. The van der Waals surface area contributed by atoms with Crippen molar-refractivity contribution in [3.8, 4) is 0 Å². The quantitative estimate of drug-likeness (QED) is 0.723. The predicted molar refractivity (Wildman–Crippen MR) is 63.6 cm³/mol. The monoisotopic (exact) mass is 210 g/mol. The standard InChI is InChI=1S/C11H18N2S/c1-4-7-13(3)9-11-6-5-10(14-11)8-12-2/h4-6,12H,1,7-9H2,2-3H3. The Balaban J connectivity index is 2.46. The van der Waals surface area contributed by atoms with E-state index in [0.29, 0.717) is 0 Å². The zero-order valence-electron chi connectivity index (χ0n) is 8.92. The molecule has 0 aliphatic carbocycles. The van der Waals surface area contributed by atoms with Crippen LogP contribution in [0.15, 0.2) is 24.8 Å². The molecule has 1 heterocycles. The Morgan fingerprint density at radius 1 is 1.50 bits per heavy atom. The predicted octanol–water partition coefficient (Wildman–Crippen LogP) is 2.09. The van der Waals surface area contributed by atoms with E-state index in [1.165, 1.54) is 9.75 Å². The molecule has 0 aliphatic heterocycles. The Kier molecular flexibility index (Phi) is 4.87. The first-order valence-corrected chi connectivity index (χ1v) is 5.59. The summed E-state index contributed by atoms with van der Waals surface area (Å²) >= 11 is 1.87. The lowest BCUT2D eigenvalue weighted by molar-refractivity contribution is 0.367. The van der Waals surface area contributed by atoms with Gasteiger partial charge in [-0.05, 0) is 26.2 Å². The van der Waals surface area contributed by atoms with Gasteiger partial charge in [-0.3, -0.25) is 4.90 Å². The van der Waals surface area contributed by atoms with Crippen molar-refractivity contribution in [3.05, 3.63) is 34.5 Å². The molecule has 1 aromatic rings. The Morgan fingerprint density at radius 3 is 2.86 bits per heavy atom. The number of thiophene rings is 1. The second-order valence-corrected chi connectivity index (χ2v) is 4.64. The van der Waals surface area contributed by atoms with Crippen molar-refractivity contribution in [1.29, 1.82) is 0 Å². The van der Waals surface area contributed by atoms with Gasteiger partial charge in [-0.25, -0.2) is 0 Å². The van der Waals surface area contributed by atoms with Crippen LogP contribution in [-0.4, -0.2) is 25.5 Å². The van der Waals surface area contributed by atoms with Gasteiger partial charge in [0.1, 0.15) is 0 Å². The van der Waals surface area contributed by atoms with Crippen molar-refractivity contribution in [2.45, 2.75) is 13.1 Å². The number of nitrogens with one attached hydrogen (secondary N) is 1. The van der Waals surface area contributed by atoms with Crippen LogP contribution in [0.1, 0.15) is 9.75 Å². The van der Waals surface area contributed by atoms with Crippen LogP contribution in [0, 0.1) is 0 Å². The van der Waals surface area contributed by atoms with Gasteiger partial charge in [0, 0.05) is 29.4 Å². The van der Waals surface area contributed by atoms with Gasteiger partial charge in [0.2, 0.25) is 0 Å². The van der Waals surface area contributed by atoms with Crippen LogP contribution in [0.4, 0.5) is 0 Å². The maximum atomic E-state index is 3.73. The summed E-state index contributed by atoms with van der Waals surface area (Å²) in [5, 5.41) is 3.16. The smallest absolute Gasteiger partial charge is 0.0328 e. The highest BCUT2D eigenvalue weighted by molar-refractivity contribution is 7.11. The first-order valence-electron chi connectivity index (χ1n) is 4.78. The molecule has 1 aromatic heterocycles. The summed E-state index contributed by atoms with van der Waals surface area (Å²) in [6, 6.07) is 4.40. The average molecular weight is 210 g/mol. The number of hydrogen-bond acceptors (Lipinski definition) is 3. The van der Waals surface area contributed by atoms with Gasteiger partial charge in [0.05, 0.1) is 0 Å². The third-order valence-corrected chi connectivity index (χ3v) is 3.00. The number of likely N-dealkylation sites (N-methyl/N-ethyl adjacent to an activating group) is 1. The summed E-state index contributed by atoms with van der Waals surface area (Å²) in [6.07, 6.45) is 1.93. The maximum Gasteiger partial charge on any atom is 0.0328 e. The Bertz CT molecular complexity index is 281. The van der Waals surface area contributed by atoms with Crippen LogP contribution in [0.25, 0.3) is 0 Å². The second kappa shape index (κ2) is 5.96. The molecule has 0 saturated carbocycles. The third-order valence-electron chi connectivity index (χ3n) is 1.93. The molecule has 0 radical (unpaired) electrons. The van der Waals surface area contributed by atoms with E-state index in [0.717, 1.165) is 19.6 Å². The fourth-order valence-electron chi connectivity index (χ4n) is 1.33. The van der Waals surface area contributed by atoms with Gasteiger partial charge in [0.25, 0.3) is 0 Å². The number of rotatable bonds is 6. The summed E-state index contributed by atoms with van der Waals surface area (Å²) in [4.78, 5) is 5.07. The summed E-state index contributed by atoms with van der Waals surface area (Å²) in [7, 11) is 4.09. The van der Waals surface area contributed by atoms with Gasteiger partial charge in [-0.15, -0.1) is 17.9 Å². The van der Waals surface area contributed by atoms with Crippen molar-refractivity contribution >= 4 is 11.3 Å². The average Bonchev–Trinajstić information content (AvgIpc) is 2.53. The van der Waals surface area contributed by atoms with E-state index in [1.54, 1.807) is 0 Å². The van der Waals surface area contributed by atoms with Gasteiger partial charge in [0.15, 0.2) is 0 Å². The van der Waals surface area contributed by atoms with Crippen molar-refractivity contribution in [1.82, 2.24) is 10.2 Å². The Labute approximate surface area is 90.2 Å². The van der Waals surface area contributed by atoms with E-state index in [-0.39, 0.29) is 0 Å². The molecule has 0 saturated heterocycles. The number of nitrogens with zero attached hydrogens (tertiary/aromatic N) is 1. The Hall–Kier alpha value is -0.640. The summed E-state index contributed by atoms with van der Waals surface area (Å²) in [5.41, 5.74) is 0. The van der Waals surface area contributed by atoms with Crippen LogP contribution in [0.3, 0.4) is 0 Å². The summed E-state index contributed by atoms with van der Waals surface area (Å²) in [5.74, 6) is 0. The SMILES string of the molecule is C=CCN(C)Cc1ccc(CNC)s1. The molecule has 0 fully saturated rings. The molecule has 0 aromatic carbocycles. The summed E-state index contributed by atoms with van der Waals surface area (Å²) < 4.78 is 0. The summed E-state index contributed by atoms with van der Waals surface area (Å²) in [6.45, 7) is 6.65. The molecule has 0 bridgehead atoms. The van der Waals surface area contributed by atoms with Crippen LogP contribution < -0.4 is 5.32 Å². The van der Waals surface area contributed by atoms with Crippen molar-refractivity contribution in [3.63, 3.8) is 0 Å². The molecular formula is C11H18N2S. The molecule has 3 heteroatoms. The zero-order valence-corrected chi connectivity index (χ0v) is 9.73. The van der Waals surface area contributed by atoms with E-state index in [1.807, 2.05) is 24.5 Å². The molecular weight excluding hydrogens is 192 g/mol. The fraction of sp³-hybridized carbons (Fsp3) is 0.455. The molecule has 0 unspecified atom stereocenters. The van der Waals surface area contributed by atoms with Crippen molar-refractivity contribution in [2.24, 2.45) is 0 Å². The van der Waals surface area contributed by atoms with E-state index in [9.17, 15) is 0 Å². The van der Waals surface area contributed by atoms with E-state index in [2.05, 4.69) is 36.0 Å². The van der Waals surface area contributed by atoms with E-state index >= 15 is 0 Å². The van der Waals surface area contributed by atoms with Gasteiger partial charge in [-0.1, -0.05) is 6.08 Å². The fourth-order valence-corrected chi connectivity index (χ4v) is 2.44. The third kappa shape index (κ3) is 3.62. The molecule has 0 atom stereocenters. The highest BCUT2D eigenvalue weighted by atomic mass is 32.1. The first-order chi connectivity index (χ1) is 6.76. The Morgan fingerprint density at radius 2 is 2.21 bits per heavy atom. The van der Waals surface area contributed by atoms with Crippen LogP contribution in [-0.2, 0) is 13.1 Å². The molecule has 0 amide bonds. The molecule has 0 aliphatic rings. The minimum absolute atomic E-state index is 0.944. The van der Waals surface area contributed by atoms with Gasteiger partial charge >= 0.3 is 0 Å². The molecule has 2 nitrogen and oxygen atoms in total. The van der Waals surface area contributed by atoms with Gasteiger partial charge < -0.3 is 5.32 Å². The van der Waals surface area contributed by atoms with Crippen LogP contribution in [0.5, 0.6) is 0 Å². The maximum absolute atomic E-state index is 3.73. The van der Waals surface area contributed by atoms with Crippen LogP contribution in [0.2, 0.25) is 0 Å². The van der Waals surface area contributed by atoms with Crippen molar-refractivity contribution < 1.29 is 0 Å². The largest absolute Gasteiger partial charge is 0.315 e. The molecule has 1 rings (SSSR count). The lowest BCUT2D eigenvalue weighted by atomic mass is 10.4. The molecule has 0 spiro atoms. The van der Waals surface area contributed by atoms with Crippen LogP contribution >= 0.6 is 11.3 Å². The zero-order chi connectivity index (χ0) is 10.4. The molecule has 1 N–H and O–H groups in total. The minimum atomic E-state index is 0.944. The minimum Gasteiger partial charge on any atom is -0.315 e. The molecule has 14 heavy (non-hydrogen) atoms. The molecule has 78 valence electrons. The first kappa shape index (κ1) is 11.4. The van der Waals surface area contributed by atoms with Gasteiger partial charge in [-0.2, -0.15) is 0 Å². The number of hydrogen-bond donors (Lipinski definition) is 1. The normalized spacial score (nSPS) is 10.8. The van der Waals surface area contributed by atoms with E-state index in [4.69, 9.17) is 0 Å². The lowest BCUT2D eigenvalue weighted by Gasteiger charge is -2.11.